The first-order valence-corrected chi connectivity index (χ1v) is 4.28. The molecule has 0 saturated heterocycles. The predicted molar refractivity (Wildman–Crippen MR) is 54.2 cm³/mol. The molecule has 6 nitrogen and oxygen atoms in total. The number of nitrogens with zero attached hydrogens (tertiary/aromatic N) is 1. The van der Waals surface area contributed by atoms with Gasteiger partial charge in [-0.1, -0.05) is 11.6 Å². The van der Waals surface area contributed by atoms with E-state index in [2.05, 4.69) is 5.32 Å². The molecule has 0 bridgehead atoms. The Morgan fingerprint density at radius 2 is 2.27 bits per heavy atom. The fourth-order valence-corrected chi connectivity index (χ4v) is 1.12. The topological polar surface area (TPSA) is 92.5 Å². The monoisotopic (exact) mass is 230 g/mol. The van der Waals surface area contributed by atoms with Gasteiger partial charge in [-0.25, -0.2) is 0 Å². The smallest absolute Gasteiger partial charge is 0.322 e. The molecule has 0 aromatic heterocycles. The molecule has 0 unspecified atom stereocenters. The number of anilines is 1. The van der Waals surface area contributed by atoms with Gasteiger partial charge in [0.1, 0.15) is 6.54 Å². The van der Waals surface area contributed by atoms with E-state index in [0.29, 0.717) is 0 Å². The Kier molecular flexibility index (Phi) is 3.46. The molecule has 2 N–H and O–H groups in total. The molecule has 0 amide bonds. The minimum atomic E-state index is -1.07. The number of halogens is 1. The molecule has 1 aromatic rings. The van der Waals surface area contributed by atoms with Crippen LogP contribution in [0.3, 0.4) is 0 Å². The quantitative estimate of drug-likeness (QED) is 0.607. The lowest BCUT2D eigenvalue weighted by Crippen LogP contribution is -2.12. The summed E-state index contributed by atoms with van der Waals surface area (Å²) in [6.07, 6.45) is 0. The van der Waals surface area contributed by atoms with E-state index < -0.39 is 10.9 Å². The molecule has 0 aliphatic heterocycles. The van der Waals surface area contributed by atoms with Crippen molar-refractivity contribution >= 4 is 28.9 Å². The van der Waals surface area contributed by atoms with Gasteiger partial charge in [0.15, 0.2) is 0 Å². The number of non-ortho nitro benzene ring substituents is 1. The van der Waals surface area contributed by atoms with Crippen LogP contribution in [0.1, 0.15) is 0 Å². The zero-order chi connectivity index (χ0) is 11.4. The molecule has 0 heterocycles. The summed E-state index contributed by atoms with van der Waals surface area (Å²) in [6, 6.07) is 3.77. The van der Waals surface area contributed by atoms with E-state index in [1.807, 2.05) is 0 Å². The van der Waals surface area contributed by atoms with Gasteiger partial charge in [0.05, 0.1) is 15.6 Å². The highest BCUT2D eigenvalue weighted by Crippen LogP contribution is 2.26. The molecular weight excluding hydrogens is 224 g/mol. The van der Waals surface area contributed by atoms with Crippen LogP contribution in [0.15, 0.2) is 18.2 Å². The van der Waals surface area contributed by atoms with Gasteiger partial charge in [-0.05, 0) is 6.07 Å². The second-order valence-electron chi connectivity index (χ2n) is 2.67. The van der Waals surface area contributed by atoms with Crippen LogP contribution in [0.2, 0.25) is 5.02 Å². The van der Waals surface area contributed by atoms with Gasteiger partial charge in [-0.15, -0.1) is 0 Å². The van der Waals surface area contributed by atoms with E-state index in [-0.39, 0.29) is 22.9 Å². The first-order chi connectivity index (χ1) is 7.00. The number of carbonyl (C=O) groups is 1. The van der Waals surface area contributed by atoms with Crippen LogP contribution in [0.25, 0.3) is 0 Å². The molecule has 7 heteroatoms. The molecule has 0 fully saturated rings. The van der Waals surface area contributed by atoms with Crippen molar-refractivity contribution in [1.82, 2.24) is 0 Å². The Morgan fingerprint density at radius 3 is 2.80 bits per heavy atom. The third kappa shape index (κ3) is 3.10. The van der Waals surface area contributed by atoms with Crippen LogP contribution in [0.5, 0.6) is 0 Å². The summed E-state index contributed by atoms with van der Waals surface area (Å²) in [7, 11) is 0. The van der Waals surface area contributed by atoms with Crippen molar-refractivity contribution in [3.63, 3.8) is 0 Å². The largest absolute Gasteiger partial charge is 0.480 e. The van der Waals surface area contributed by atoms with Crippen molar-refractivity contribution in [2.45, 2.75) is 0 Å². The summed E-state index contributed by atoms with van der Waals surface area (Å²) in [5, 5.41) is 21.5. The van der Waals surface area contributed by atoms with Crippen molar-refractivity contribution < 1.29 is 14.8 Å². The summed E-state index contributed by atoms with van der Waals surface area (Å²) in [5.41, 5.74) is 0.0838. The molecule has 1 aromatic carbocycles. The van der Waals surface area contributed by atoms with E-state index in [9.17, 15) is 14.9 Å². The summed E-state index contributed by atoms with van der Waals surface area (Å²) in [5.74, 6) is -1.07. The first-order valence-electron chi connectivity index (χ1n) is 3.90. The number of nitrogens with one attached hydrogen (secondary N) is 1. The molecule has 0 atom stereocenters. The van der Waals surface area contributed by atoms with Gasteiger partial charge in [-0.3, -0.25) is 14.9 Å². The predicted octanol–water partition coefficient (Wildman–Crippen LogP) is 1.74. The number of hydrogen-bond donors (Lipinski definition) is 2. The van der Waals surface area contributed by atoms with E-state index in [4.69, 9.17) is 16.7 Å². The number of nitro benzene ring substituents is 1. The van der Waals surface area contributed by atoms with Crippen LogP contribution in [-0.2, 0) is 4.79 Å². The van der Waals surface area contributed by atoms with Gasteiger partial charge in [0.2, 0.25) is 0 Å². The summed E-state index contributed by atoms with van der Waals surface area (Å²) < 4.78 is 0. The number of benzene rings is 1. The Labute approximate surface area is 89.6 Å². The van der Waals surface area contributed by atoms with E-state index in [1.165, 1.54) is 18.2 Å². The lowest BCUT2D eigenvalue weighted by atomic mass is 10.3. The summed E-state index contributed by atoms with van der Waals surface area (Å²) in [4.78, 5) is 20.1. The third-order valence-corrected chi connectivity index (χ3v) is 1.92. The van der Waals surface area contributed by atoms with E-state index in [1.54, 1.807) is 0 Å². The number of hydrogen-bond acceptors (Lipinski definition) is 4. The van der Waals surface area contributed by atoms with Crippen molar-refractivity contribution in [3.05, 3.63) is 33.3 Å². The van der Waals surface area contributed by atoms with Gasteiger partial charge in [0.25, 0.3) is 5.69 Å². The van der Waals surface area contributed by atoms with Crippen molar-refractivity contribution in [2.75, 3.05) is 11.9 Å². The van der Waals surface area contributed by atoms with Crippen LogP contribution in [0, 0.1) is 10.1 Å². The van der Waals surface area contributed by atoms with Gasteiger partial charge >= 0.3 is 5.97 Å². The Hall–Kier alpha value is -1.82. The highest BCUT2D eigenvalue weighted by molar-refractivity contribution is 6.33. The average Bonchev–Trinajstić information content (AvgIpc) is 2.16. The van der Waals surface area contributed by atoms with Crippen LogP contribution < -0.4 is 5.32 Å². The minimum absolute atomic E-state index is 0.146. The minimum Gasteiger partial charge on any atom is -0.480 e. The maximum absolute atomic E-state index is 10.4. The summed E-state index contributed by atoms with van der Waals surface area (Å²) >= 11 is 5.71. The van der Waals surface area contributed by atoms with Gasteiger partial charge < -0.3 is 10.4 Å². The molecule has 15 heavy (non-hydrogen) atoms. The second-order valence-corrected chi connectivity index (χ2v) is 3.08. The molecule has 0 saturated carbocycles. The van der Waals surface area contributed by atoms with Crippen LogP contribution >= 0.6 is 11.6 Å². The molecule has 1 rings (SSSR count). The SMILES string of the molecule is O=C(O)CNc1cc([N+](=O)[O-])ccc1Cl. The maximum atomic E-state index is 10.4. The maximum Gasteiger partial charge on any atom is 0.322 e. The number of carboxylic acids is 1. The molecular formula is C8H7ClN2O4. The van der Waals surface area contributed by atoms with Gasteiger partial charge in [0, 0.05) is 12.1 Å². The average molecular weight is 231 g/mol. The molecule has 0 radical (unpaired) electrons. The zero-order valence-corrected chi connectivity index (χ0v) is 8.19. The third-order valence-electron chi connectivity index (χ3n) is 1.59. The Bertz CT molecular complexity index is 408. The number of rotatable bonds is 4. The molecule has 0 aliphatic rings. The fraction of sp³-hybridized carbons (Fsp3) is 0.125. The number of carboxylic acid groups (broad SMARTS) is 1. The highest BCUT2D eigenvalue weighted by atomic mass is 35.5. The lowest BCUT2D eigenvalue weighted by Gasteiger charge is -2.04. The van der Waals surface area contributed by atoms with Crippen molar-refractivity contribution in [3.8, 4) is 0 Å². The standard InChI is InChI=1S/C8H7ClN2O4/c9-6-2-1-5(11(14)15)3-7(6)10-4-8(12)13/h1-3,10H,4H2,(H,12,13). The van der Waals surface area contributed by atoms with E-state index in [0.717, 1.165) is 0 Å². The highest BCUT2D eigenvalue weighted by Gasteiger charge is 2.09. The van der Waals surface area contributed by atoms with E-state index >= 15 is 0 Å². The normalized spacial score (nSPS) is 9.67. The number of nitro groups is 1. The summed E-state index contributed by atoms with van der Waals surface area (Å²) in [6.45, 7) is -0.346. The zero-order valence-electron chi connectivity index (χ0n) is 7.44. The van der Waals surface area contributed by atoms with Crippen LogP contribution in [0.4, 0.5) is 11.4 Å². The lowest BCUT2D eigenvalue weighted by molar-refractivity contribution is -0.384. The van der Waals surface area contributed by atoms with Crippen molar-refractivity contribution in [2.24, 2.45) is 0 Å². The molecule has 0 spiro atoms. The van der Waals surface area contributed by atoms with Crippen LogP contribution in [-0.4, -0.2) is 22.5 Å². The Balaban J connectivity index is 2.90. The molecule has 80 valence electrons. The Morgan fingerprint density at radius 1 is 1.60 bits per heavy atom. The second kappa shape index (κ2) is 4.61. The number of aliphatic carboxylic acids is 1. The first kappa shape index (κ1) is 11.3. The fourth-order valence-electron chi connectivity index (χ4n) is 0.933. The van der Waals surface area contributed by atoms with Crippen molar-refractivity contribution in [1.29, 1.82) is 0 Å². The van der Waals surface area contributed by atoms with Gasteiger partial charge in [-0.2, -0.15) is 0 Å². The molecule has 0 aliphatic carbocycles.